The maximum absolute atomic E-state index is 13.3. The molecule has 1 aromatic carbocycles. The minimum absolute atomic E-state index is 0.0755. The van der Waals surface area contributed by atoms with E-state index in [9.17, 15) is 18.4 Å². The second-order valence-electron chi connectivity index (χ2n) is 9.98. The van der Waals surface area contributed by atoms with Gasteiger partial charge in [0.1, 0.15) is 17.5 Å². The van der Waals surface area contributed by atoms with Crippen molar-refractivity contribution in [1.29, 1.82) is 5.26 Å². The molecule has 4 saturated carbocycles. The van der Waals surface area contributed by atoms with Crippen LogP contribution in [0.3, 0.4) is 0 Å². The molecule has 1 unspecified atom stereocenters. The van der Waals surface area contributed by atoms with Gasteiger partial charge in [-0.15, -0.1) is 0 Å². The molecule has 9 heteroatoms. The highest BCUT2D eigenvalue weighted by molar-refractivity contribution is 5.53. The van der Waals surface area contributed by atoms with E-state index < -0.39 is 11.7 Å². The van der Waals surface area contributed by atoms with Crippen molar-refractivity contribution in [3.63, 3.8) is 0 Å². The molecule has 1 heterocycles. The van der Waals surface area contributed by atoms with Crippen LogP contribution in [0.5, 0.6) is 0 Å². The zero-order valence-corrected chi connectivity index (χ0v) is 18.2. The number of nitriles is 1. The zero-order valence-electron chi connectivity index (χ0n) is 18.2. The van der Waals surface area contributed by atoms with Crippen molar-refractivity contribution in [2.45, 2.75) is 50.9 Å². The average Bonchev–Trinajstić information content (AvgIpc) is 2.79. The quantitative estimate of drug-likeness (QED) is 0.590. The minimum Gasteiger partial charge on any atom is -0.368 e. The summed E-state index contributed by atoms with van der Waals surface area (Å²) < 4.78 is 39.8. The fourth-order valence-electron chi connectivity index (χ4n) is 6.53. The van der Waals surface area contributed by atoms with Gasteiger partial charge in [0.25, 0.3) is 0 Å². The lowest BCUT2D eigenvalue weighted by molar-refractivity contribution is -0.138. The molecule has 33 heavy (non-hydrogen) atoms. The van der Waals surface area contributed by atoms with E-state index in [0.29, 0.717) is 35.8 Å². The Morgan fingerprint density at radius 3 is 2.55 bits per heavy atom. The number of benzene rings is 1. The first-order valence-corrected chi connectivity index (χ1v) is 11.4. The second kappa shape index (κ2) is 8.17. The summed E-state index contributed by atoms with van der Waals surface area (Å²) >= 11 is 0. The number of alkyl halides is 3. The molecule has 4 bridgehead atoms. The summed E-state index contributed by atoms with van der Waals surface area (Å²) in [5.41, 5.74) is 6.36. The fourth-order valence-corrected chi connectivity index (χ4v) is 6.53. The number of hydrogen-bond donors (Lipinski definition) is 3. The predicted octanol–water partition coefficient (Wildman–Crippen LogP) is 4.54. The number of nitrogens with one attached hydrogen (secondary N) is 2. The molecule has 4 aliphatic carbocycles. The van der Waals surface area contributed by atoms with E-state index in [1.165, 1.54) is 37.6 Å². The van der Waals surface area contributed by atoms with Gasteiger partial charge >= 0.3 is 6.18 Å². The minimum atomic E-state index is -4.43. The summed E-state index contributed by atoms with van der Waals surface area (Å²) in [6.07, 6.45) is 2.79. The molecule has 6 nitrogen and oxygen atoms in total. The smallest absolute Gasteiger partial charge is 0.368 e. The van der Waals surface area contributed by atoms with Crippen LogP contribution in [0.25, 0.3) is 0 Å². The molecule has 4 aliphatic rings. The van der Waals surface area contributed by atoms with E-state index in [1.54, 1.807) is 6.07 Å². The van der Waals surface area contributed by atoms with Gasteiger partial charge in [0.2, 0.25) is 5.95 Å². The first kappa shape index (κ1) is 22.0. The third-order valence-corrected chi connectivity index (χ3v) is 7.77. The second-order valence-corrected chi connectivity index (χ2v) is 9.98. The number of halogens is 3. The first-order valence-electron chi connectivity index (χ1n) is 11.4. The van der Waals surface area contributed by atoms with Gasteiger partial charge < -0.3 is 16.4 Å². The summed E-state index contributed by atoms with van der Waals surface area (Å²) in [4.78, 5) is 8.54. The lowest BCUT2D eigenvalue weighted by Crippen LogP contribution is -2.58. The van der Waals surface area contributed by atoms with Crippen LogP contribution in [0.15, 0.2) is 30.5 Å². The predicted molar refractivity (Wildman–Crippen MR) is 118 cm³/mol. The maximum Gasteiger partial charge on any atom is 0.416 e. The Labute approximate surface area is 190 Å². The molecular formula is C24H27F3N6. The summed E-state index contributed by atoms with van der Waals surface area (Å²) in [6, 6.07) is 7.83. The van der Waals surface area contributed by atoms with E-state index in [0.717, 1.165) is 24.8 Å². The molecule has 2 aromatic rings. The number of anilines is 2. The monoisotopic (exact) mass is 456 g/mol. The van der Waals surface area contributed by atoms with E-state index >= 15 is 0 Å². The van der Waals surface area contributed by atoms with E-state index in [2.05, 4.69) is 26.7 Å². The maximum atomic E-state index is 13.3. The van der Waals surface area contributed by atoms with Gasteiger partial charge in [-0.3, -0.25) is 0 Å². The van der Waals surface area contributed by atoms with Crippen LogP contribution < -0.4 is 16.4 Å². The van der Waals surface area contributed by atoms with Gasteiger partial charge in [-0.05, 0) is 66.9 Å². The summed E-state index contributed by atoms with van der Waals surface area (Å²) in [5, 5.41) is 15.8. The number of aromatic nitrogens is 2. The van der Waals surface area contributed by atoms with Gasteiger partial charge in [-0.25, -0.2) is 4.98 Å². The van der Waals surface area contributed by atoms with Gasteiger partial charge in [0, 0.05) is 19.1 Å². The van der Waals surface area contributed by atoms with Crippen LogP contribution in [0.2, 0.25) is 0 Å². The van der Waals surface area contributed by atoms with Gasteiger partial charge in [0.05, 0.1) is 11.8 Å². The molecular weight excluding hydrogens is 429 g/mol. The van der Waals surface area contributed by atoms with Crippen LogP contribution in [0.4, 0.5) is 24.9 Å². The Kier molecular flexibility index (Phi) is 5.44. The van der Waals surface area contributed by atoms with Gasteiger partial charge in [-0.1, -0.05) is 18.2 Å². The Morgan fingerprint density at radius 2 is 1.85 bits per heavy atom. The SMILES string of the molecule is N#Cc1cnc(NCc2ccccc2C(F)(F)F)nc1NC[C@]12CC3C[C@H](C1)[C@@H](N)[C@@H](C3)C2. The number of nitrogens with zero attached hydrogens (tertiary/aromatic N) is 3. The van der Waals surface area contributed by atoms with E-state index in [4.69, 9.17) is 5.73 Å². The van der Waals surface area contributed by atoms with Crippen molar-refractivity contribution in [3.8, 4) is 6.07 Å². The summed E-state index contributed by atoms with van der Waals surface area (Å²) in [7, 11) is 0. The standard InChI is InChI=1S/C24H27F3N6/c25-24(26,27)19-4-2-1-3-15(19)11-30-22-31-12-18(10-28)21(33-22)32-13-23-7-14-5-16(8-23)20(29)17(6-14)9-23/h1-4,12,14,16-17,20H,5-9,11,13,29H2,(H2,30,31,32,33)/t14?,16-,17+,20-,23-. The number of rotatable bonds is 6. The fraction of sp³-hybridized carbons (Fsp3) is 0.542. The third kappa shape index (κ3) is 4.24. The van der Waals surface area contributed by atoms with E-state index in [1.807, 2.05) is 0 Å². The lowest BCUT2D eigenvalue weighted by atomic mass is 9.48. The van der Waals surface area contributed by atoms with Crippen LogP contribution in [-0.2, 0) is 12.7 Å². The topological polar surface area (TPSA) is 99.6 Å². The van der Waals surface area contributed by atoms with Gasteiger partial charge in [-0.2, -0.15) is 23.4 Å². The van der Waals surface area contributed by atoms with Crippen LogP contribution >= 0.6 is 0 Å². The zero-order chi connectivity index (χ0) is 23.2. The Hall–Kier alpha value is -2.86. The van der Waals surface area contributed by atoms with Crippen molar-refractivity contribution < 1.29 is 13.2 Å². The number of nitrogens with two attached hydrogens (primary N) is 1. The highest BCUT2D eigenvalue weighted by atomic mass is 19.4. The molecule has 4 N–H and O–H groups in total. The third-order valence-electron chi connectivity index (χ3n) is 7.77. The van der Waals surface area contributed by atoms with Crippen molar-refractivity contribution >= 4 is 11.8 Å². The molecule has 0 radical (unpaired) electrons. The summed E-state index contributed by atoms with van der Waals surface area (Å²) in [6.45, 7) is 0.638. The summed E-state index contributed by atoms with van der Waals surface area (Å²) in [5.74, 6) is 2.48. The molecule has 174 valence electrons. The lowest BCUT2D eigenvalue weighted by Gasteiger charge is -2.59. The Morgan fingerprint density at radius 1 is 1.12 bits per heavy atom. The molecule has 0 aliphatic heterocycles. The molecule has 5 atom stereocenters. The van der Waals surface area contributed by atoms with Crippen molar-refractivity contribution in [3.05, 3.63) is 47.2 Å². The largest absolute Gasteiger partial charge is 0.416 e. The normalized spacial score (nSPS) is 30.2. The number of hydrogen-bond acceptors (Lipinski definition) is 6. The van der Waals surface area contributed by atoms with Gasteiger partial charge in [0.15, 0.2) is 0 Å². The van der Waals surface area contributed by atoms with Crippen molar-refractivity contribution in [2.24, 2.45) is 28.9 Å². The van der Waals surface area contributed by atoms with E-state index in [-0.39, 0.29) is 23.5 Å². The molecule has 0 saturated heterocycles. The molecule has 6 rings (SSSR count). The average molecular weight is 457 g/mol. The first-order chi connectivity index (χ1) is 15.8. The Balaban J connectivity index is 1.30. The molecule has 0 amide bonds. The van der Waals surface area contributed by atoms with Crippen LogP contribution in [0, 0.1) is 34.5 Å². The van der Waals surface area contributed by atoms with Crippen LogP contribution in [-0.4, -0.2) is 22.6 Å². The van der Waals surface area contributed by atoms with Crippen molar-refractivity contribution in [2.75, 3.05) is 17.2 Å². The highest BCUT2D eigenvalue weighted by Crippen LogP contribution is 2.59. The molecule has 1 aromatic heterocycles. The van der Waals surface area contributed by atoms with Crippen molar-refractivity contribution in [1.82, 2.24) is 9.97 Å². The molecule has 0 spiro atoms. The highest BCUT2D eigenvalue weighted by Gasteiger charge is 2.54. The van der Waals surface area contributed by atoms with Crippen LogP contribution in [0.1, 0.15) is 48.8 Å². The Bertz CT molecular complexity index is 1060. The molecule has 4 fully saturated rings.